The van der Waals surface area contributed by atoms with Crippen molar-refractivity contribution in [2.75, 3.05) is 7.11 Å². The van der Waals surface area contributed by atoms with Gasteiger partial charge in [-0.25, -0.2) is 0 Å². The third-order valence-electron chi connectivity index (χ3n) is 1.78. The summed E-state index contributed by atoms with van der Waals surface area (Å²) in [6.07, 6.45) is 0. The Morgan fingerprint density at radius 3 is 1.30 bits per heavy atom. The average Bonchev–Trinajstić information content (AvgIpc) is 2.18. The number of hydrogen-bond donors (Lipinski definition) is 0. The van der Waals surface area contributed by atoms with Crippen LogP contribution in [0.25, 0.3) is 0 Å². The van der Waals surface area contributed by atoms with Crippen LogP contribution >= 0.6 is 0 Å². The van der Waals surface area contributed by atoms with Gasteiger partial charge in [0.15, 0.2) is 0 Å². The predicted molar refractivity (Wildman–Crippen MR) is 54.7 cm³/mol. The first kappa shape index (κ1) is 19.9. The molecule has 15 heteroatoms. The van der Waals surface area contributed by atoms with E-state index in [1.165, 1.54) is 0 Å². The van der Waals surface area contributed by atoms with Gasteiger partial charge in [0.1, 0.15) is 0 Å². The fourth-order valence-corrected chi connectivity index (χ4v) is 7.22. The second-order valence-corrected chi connectivity index (χ2v) is 10.7. The van der Waals surface area contributed by atoms with E-state index in [0.717, 1.165) is 0 Å². The van der Waals surface area contributed by atoms with E-state index >= 15 is 0 Å². The Balaban J connectivity index is 5.01. The fourth-order valence-electron chi connectivity index (χ4n) is 0.828. The molecule has 0 radical (unpaired) electrons. The molecular formula is C5H9F9O3Si3. The highest BCUT2D eigenvalue weighted by atomic mass is 28.4. The molecule has 3 unspecified atom stereocenters. The molecule has 0 aliphatic carbocycles. The second kappa shape index (κ2) is 6.77. The molecule has 0 rings (SSSR count). The quantitative estimate of drug-likeness (QED) is 0.544. The fraction of sp³-hybridized carbons (Fsp3) is 1.00. The number of hydrogen-bond acceptors (Lipinski definition) is 3. The predicted octanol–water partition coefficient (Wildman–Crippen LogP) is 1.77. The third kappa shape index (κ3) is 6.57. The molecule has 0 N–H and O–H groups in total. The van der Waals surface area contributed by atoms with Gasteiger partial charge in [-0.3, -0.25) is 0 Å². The van der Waals surface area contributed by atoms with Crippen LogP contribution in [0, 0.1) is 0 Å². The van der Waals surface area contributed by atoms with E-state index in [1.54, 1.807) is 0 Å². The van der Waals surface area contributed by atoms with Gasteiger partial charge in [-0.15, -0.1) is 0 Å². The van der Waals surface area contributed by atoms with E-state index in [9.17, 15) is 39.5 Å². The van der Waals surface area contributed by atoms with Crippen LogP contribution in [-0.4, -0.2) is 52.1 Å². The smallest absolute Gasteiger partial charge is 0.428 e. The van der Waals surface area contributed by atoms with Crippen LogP contribution in [0.2, 0.25) is 6.55 Å². The van der Waals surface area contributed by atoms with Crippen molar-refractivity contribution in [3.63, 3.8) is 0 Å². The van der Waals surface area contributed by atoms with Crippen molar-refractivity contribution in [3.05, 3.63) is 0 Å². The molecule has 0 saturated carbocycles. The van der Waals surface area contributed by atoms with Crippen LogP contribution in [0.5, 0.6) is 0 Å². The van der Waals surface area contributed by atoms with Crippen LogP contribution in [-0.2, 0) is 12.7 Å². The summed E-state index contributed by atoms with van der Waals surface area (Å²) in [4.78, 5) is 0. The standard InChI is InChI=1S/C5H9F9O3Si3/c1-15-19(4(9,10)11)17-20(5(12,13)14)16-18(2)3(6,7)8/h18-20H,1-2H3. The van der Waals surface area contributed by atoms with Crippen LogP contribution in [0.15, 0.2) is 0 Å². The van der Waals surface area contributed by atoms with Crippen LogP contribution < -0.4 is 0 Å². The van der Waals surface area contributed by atoms with E-state index in [1.807, 2.05) is 0 Å². The molecule has 122 valence electrons. The van der Waals surface area contributed by atoms with Crippen molar-refractivity contribution in [1.82, 2.24) is 0 Å². The summed E-state index contributed by atoms with van der Waals surface area (Å²) in [6.45, 7) is 0.381. The monoisotopic (exact) mass is 372 g/mol. The van der Waals surface area contributed by atoms with Crippen molar-refractivity contribution in [2.24, 2.45) is 0 Å². The van der Waals surface area contributed by atoms with Crippen molar-refractivity contribution in [3.8, 4) is 0 Å². The molecule has 0 heterocycles. The SMILES string of the molecule is CO[SiH](O[SiH](O[SiH](C)C(F)(F)F)C(F)(F)F)C(F)(F)F. The lowest BCUT2D eigenvalue weighted by Gasteiger charge is -2.27. The lowest BCUT2D eigenvalue weighted by atomic mass is 11.5. The molecule has 0 saturated heterocycles. The maximum atomic E-state index is 12.4. The molecule has 0 aliphatic heterocycles. The summed E-state index contributed by atoms with van der Waals surface area (Å²) in [5.41, 5.74) is 0. The molecule has 20 heavy (non-hydrogen) atoms. The normalized spacial score (nSPS) is 18.8. The molecule has 0 spiro atoms. The molecule has 3 nitrogen and oxygen atoms in total. The zero-order valence-corrected chi connectivity index (χ0v) is 13.3. The number of halogens is 9. The Bertz CT molecular complexity index is 303. The van der Waals surface area contributed by atoms with E-state index < -0.39 is 45.0 Å². The number of rotatable bonds is 5. The van der Waals surface area contributed by atoms with Gasteiger partial charge >= 0.3 is 36.0 Å². The van der Waals surface area contributed by atoms with Gasteiger partial charge in [-0.2, -0.15) is 39.5 Å². The summed E-state index contributed by atoms with van der Waals surface area (Å²) < 4.78 is 122. The van der Waals surface area contributed by atoms with Gasteiger partial charge in [-0.05, 0) is 6.55 Å². The first-order chi connectivity index (χ1) is 8.69. The highest BCUT2D eigenvalue weighted by molar-refractivity contribution is 6.69. The first-order valence-electron chi connectivity index (χ1n) is 4.73. The molecule has 0 aromatic carbocycles. The average molecular weight is 372 g/mol. The molecular weight excluding hydrogens is 363 g/mol. The Hall–Kier alpha value is -0.0994. The highest BCUT2D eigenvalue weighted by Crippen LogP contribution is 2.29. The Morgan fingerprint density at radius 1 is 0.650 bits per heavy atom. The Morgan fingerprint density at radius 2 is 1.05 bits per heavy atom. The minimum atomic E-state index is -5.40. The van der Waals surface area contributed by atoms with Gasteiger partial charge in [0, 0.05) is 7.11 Å². The van der Waals surface area contributed by atoms with Gasteiger partial charge in [0.25, 0.3) is 9.04 Å². The van der Waals surface area contributed by atoms with Crippen molar-refractivity contribution < 1.29 is 52.2 Å². The summed E-state index contributed by atoms with van der Waals surface area (Å²) in [7, 11) is -13.9. The van der Waals surface area contributed by atoms with E-state index in [0.29, 0.717) is 13.7 Å². The van der Waals surface area contributed by atoms with Crippen molar-refractivity contribution >= 4 is 27.6 Å². The molecule has 0 aliphatic rings. The van der Waals surface area contributed by atoms with Crippen molar-refractivity contribution in [2.45, 2.75) is 23.9 Å². The molecule has 0 bridgehead atoms. The Kier molecular flexibility index (Phi) is 6.74. The lowest BCUT2D eigenvalue weighted by Crippen LogP contribution is -2.54. The minimum absolute atomic E-state index is 0.381. The topological polar surface area (TPSA) is 27.7 Å². The molecule has 0 aromatic rings. The first-order valence-corrected chi connectivity index (χ1v) is 9.97. The maximum Gasteiger partial charge on any atom is 0.433 e. The zero-order chi connectivity index (χ0) is 16.4. The molecule has 0 amide bonds. The maximum absolute atomic E-state index is 12.4. The van der Waals surface area contributed by atoms with Gasteiger partial charge < -0.3 is 12.7 Å². The summed E-state index contributed by atoms with van der Waals surface area (Å²) in [6, 6.07) is 0. The van der Waals surface area contributed by atoms with Crippen LogP contribution in [0.4, 0.5) is 39.5 Å². The largest absolute Gasteiger partial charge is 0.433 e. The Labute approximate surface area is 112 Å². The van der Waals surface area contributed by atoms with Gasteiger partial charge in [-0.1, -0.05) is 0 Å². The van der Waals surface area contributed by atoms with Crippen LogP contribution in [0.3, 0.4) is 0 Å². The third-order valence-corrected chi connectivity index (χ3v) is 8.80. The van der Waals surface area contributed by atoms with E-state index in [2.05, 4.69) is 12.7 Å². The number of alkyl halides is 9. The molecule has 3 atom stereocenters. The minimum Gasteiger partial charge on any atom is -0.428 e. The zero-order valence-electron chi connectivity index (χ0n) is 9.86. The summed E-state index contributed by atoms with van der Waals surface area (Å²) in [5.74, 6) is -15.6. The highest BCUT2D eigenvalue weighted by Gasteiger charge is 2.56. The van der Waals surface area contributed by atoms with Gasteiger partial charge in [0.2, 0.25) is 0 Å². The second-order valence-electron chi connectivity index (χ2n) is 3.44. The molecule has 0 fully saturated rings. The van der Waals surface area contributed by atoms with Gasteiger partial charge in [0.05, 0.1) is 0 Å². The van der Waals surface area contributed by atoms with E-state index in [4.69, 9.17) is 0 Å². The lowest BCUT2D eigenvalue weighted by molar-refractivity contribution is -0.0958. The van der Waals surface area contributed by atoms with Crippen molar-refractivity contribution in [1.29, 1.82) is 0 Å². The van der Waals surface area contributed by atoms with E-state index in [-0.39, 0.29) is 0 Å². The summed E-state index contributed by atoms with van der Waals surface area (Å²) in [5, 5.41) is 0. The van der Waals surface area contributed by atoms with Crippen LogP contribution in [0.1, 0.15) is 0 Å². The summed E-state index contributed by atoms with van der Waals surface area (Å²) >= 11 is 0. The molecule has 0 aromatic heterocycles.